The molecule has 0 atom stereocenters. The molecule has 154 valence electrons. The van der Waals surface area contributed by atoms with Gasteiger partial charge in [-0.3, -0.25) is 0 Å². The van der Waals surface area contributed by atoms with Crippen molar-refractivity contribution in [3.05, 3.63) is 24.3 Å². The predicted octanol–water partition coefficient (Wildman–Crippen LogP) is 5.63. The van der Waals surface area contributed by atoms with Gasteiger partial charge in [0.2, 0.25) is 0 Å². The van der Waals surface area contributed by atoms with Gasteiger partial charge < -0.3 is 0 Å². The highest BCUT2D eigenvalue weighted by atomic mass is 32.2. The summed E-state index contributed by atoms with van der Waals surface area (Å²) in [5.41, 5.74) is 0. The second-order valence-corrected chi connectivity index (χ2v) is 8.46. The van der Waals surface area contributed by atoms with E-state index in [0.29, 0.717) is 13.1 Å². The Hall–Kier alpha value is -0.650. The summed E-state index contributed by atoms with van der Waals surface area (Å²) in [6.07, 6.45) is 24.3. The van der Waals surface area contributed by atoms with Crippen LogP contribution in [0.5, 0.6) is 0 Å². The molecule has 0 heterocycles. The van der Waals surface area contributed by atoms with E-state index in [1.54, 1.807) is 0 Å². The maximum Gasteiger partial charge on any atom is 0.276 e. The fourth-order valence-electron chi connectivity index (χ4n) is 2.61. The lowest BCUT2D eigenvalue weighted by Crippen LogP contribution is -2.37. The Balaban J connectivity index is 3.32. The van der Waals surface area contributed by atoms with E-state index >= 15 is 0 Å². The number of rotatable bonds is 19. The van der Waals surface area contributed by atoms with Gasteiger partial charge in [-0.1, -0.05) is 76.7 Å². The van der Waals surface area contributed by atoms with Gasteiger partial charge in [-0.05, 0) is 44.9 Å². The first kappa shape index (κ1) is 25.4. The summed E-state index contributed by atoms with van der Waals surface area (Å²) in [6.45, 7) is 5.22. The van der Waals surface area contributed by atoms with E-state index in [4.69, 9.17) is 0 Å². The fraction of sp³-hybridized carbons (Fsp3) is 0.810. The van der Waals surface area contributed by atoms with Crippen molar-refractivity contribution in [2.75, 3.05) is 13.1 Å². The third-order valence-electron chi connectivity index (χ3n) is 4.21. The van der Waals surface area contributed by atoms with Crippen LogP contribution in [0.2, 0.25) is 0 Å². The first-order valence-corrected chi connectivity index (χ1v) is 12.1. The molecule has 0 fully saturated rings. The zero-order valence-electron chi connectivity index (χ0n) is 17.1. The van der Waals surface area contributed by atoms with Crippen LogP contribution in [-0.4, -0.2) is 21.5 Å². The minimum atomic E-state index is -3.28. The molecule has 4 nitrogen and oxygen atoms in total. The largest absolute Gasteiger partial charge is 0.276 e. The maximum atomic E-state index is 11.5. The third kappa shape index (κ3) is 19.7. The van der Waals surface area contributed by atoms with E-state index in [0.717, 1.165) is 25.7 Å². The van der Waals surface area contributed by atoms with Crippen molar-refractivity contribution in [2.24, 2.45) is 0 Å². The van der Waals surface area contributed by atoms with Crippen LogP contribution in [0.25, 0.3) is 0 Å². The van der Waals surface area contributed by atoms with Crippen molar-refractivity contribution in [3.63, 3.8) is 0 Å². The topological polar surface area (TPSA) is 58.2 Å². The fourth-order valence-corrected chi connectivity index (χ4v) is 3.60. The number of nitrogens with one attached hydrogen (secondary N) is 2. The predicted molar refractivity (Wildman–Crippen MR) is 115 cm³/mol. The van der Waals surface area contributed by atoms with Gasteiger partial charge in [0.05, 0.1) is 0 Å². The summed E-state index contributed by atoms with van der Waals surface area (Å²) in [7, 11) is -3.28. The first-order valence-electron chi connectivity index (χ1n) is 10.7. The van der Waals surface area contributed by atoms with Crippen molar-refractivity contribution < 1.29 is 8.42 Å². The molecule has 0 amide bonds. The van der Waals surface area contributed by atoms with E-state index in [-0.39, 0.29) is 0 Å². The average molecular weight is 387 g/mol. The summed E-state index contributed by atoms with van der Waals surface area (Å²) in [4.78, 5) is 0. The number of unbranched alkanes of at least 4 members (excludes halogenated alkanes) is 9. The number of hydrogen-bond donors (Lipinski definition) is 2. The second-order valence-electron chi connectivity index (χ2n) is 6.88. The van der Waals surface area contributed by atoms with Crippen LogP contribution < -0.4 is 9.44 Å². The van der Waals surface area contributed by atoms with E-state index in [1.807, 2.05) is 6.92 Å². The summed E-state index contributed by atoms with van der Waals surface area (Å²) in [5, 5.41) is 0. The van der Waals surface area contributed by atoms with Crippen molar-refractivity contribution in [2.45, 2.75) is 97.3 Å². The van der Waals surface area contributed by atoms with Crippen LogP contribution in [0.1, 0.15) is 97.3 Å². The van der Waals surface area contributed by atoms with Crippen LogP contribution in [0, 0.1) is 0 Å². The lowest BCUT2D eigenvalue weighted by atomic mass is 10.1. The molecule has 0 spiro atoms. The van der Waals surface area contributed by atoms with Gasteiger partial charge in [0, 0.05) is 13.1 Å². The van der Waals surface area contributed by atoms with E-state index in [2.05, 4.69) is 40.7 Å². The molecule has 0 aliphatic carbocycles. The van der Waals surface area contributed by atoms with Crippen molar-refractivity contribution in [1.82, 2.24) is 9.44 Å². The minimum Gasteiger partial charge on any atom is -0.202 e. The monoisotopic (exact) mass is 386 g/mol. The van der Waals surface area contributed by atoms with Crippen molar-refractivity contribution in [1.29, 1.82) is 0 Å². The van der Waals surface area contributed by atoms with Crippen LogP contribution >= 0.6 is 0 Å². The lowest BCUT2D eigenvalue weighted by Gasteiger charge is -2.07. The van der Waals surface area contributed by atoms with Crippen molar-refractivity contribution >= 4 is 10.2 Å². The highest BCUT2D eigenvalue weighted by molar-refractivity contribution is 7.87. The normalized spacial score (nSPS) is 12.5. The Labute approximate surface area is 163 Å². The molecule has 0 aromatic carbocycles. The Bertz CT molecular complexity index is 445. The lowest BCUT2D eigenvalue weighted by molar-refractivity contribution is 0.554. The highest BCUT2D eigenvalue weighted by Gasteiger charge is 2.05. The smallest absolute Gasteiger partial charge is 0.202 e. The Morgan fingerprint density at radius 3 is 1.77 bits per heavy atom. The van der Waals surface area contributed by atoms with Gasteiger partial charge in [0.1, 0.15) is 0 Å². The van der Waals surface area contributed by atoms with Crippen LogP contribution in [0.15, 0.2) is 24.3 Å². The first-order chi connectivity index (χ1) is 12.6. The van der Waals surface area contributed by atoms with Crippen LogP contribution in [0.4, 0.5) is 0 Å². The number of hydrogen-bond acceptors (Lipinski definition) is 2. The molecule has 26 heavy (non-hydrogen) atoms. The van der Waals surface area contributed by atoms with Gasteiger partial charge in [0.25, 0.3) is 10.2 Å². The second kappa shape index (κ2) is 19.1. The molecular weight excluding hydrogens is 344 g/mol. The Kier molecular flexibility index (Phi) is 18.6. The van der Waals surface area contributed by atoms with Crippen molar-refractivity contribution in [3.8, 4) is 0 Å². The quantitative estimate of drug-likeness (QED) is 0.223. The van der Waals surface area contributed by atoms with E-state index in [1.165, 1.54) is 57.8 Å². The third-order valence-corrected chi connectivity index (χ3v) is 5.38. The molecule has 0 saturated heterocycles. The molecule has 0 aromatic rings. The SMILES string of the molecule is CCCCC/C=C\C/C=C\CCCCCCCCNS(=O)(=O)NCCC. The molecule has 2 N–H and O–H groups in total. The van der Waals surface area contributed by atoms with Crippen LogP contribution in [-0.2, 0) is 10.2 Å². The standard InChI is InChI=1S/C21H42N2O2S/c1-3-5-6-7-8-9-10-11-12-13-14-15-16-17-18-19-21-23-26(24,25)22-20-4-2/h8-9,11-12,22-23H,3-7,10,13-21H2,1-2H3/b9-8-,12-11-. The number of allylic oxidation sites excluding steroid dienone is 4. The molecule has 0 rings (SSSR count). The van der Waals surface area contributed by atoms with Gasteiger partial charge in [0.15, 0.2) is 0 Å². The van der Waals surface area contributed by atoms with E-state index in [9.17, 15) is 8.42 Å². The summed E-state index contributed by atoms with van der Waals surface area (Å²) in [6, 6.07) is 0. The summed E-state index contributed by atoms with van der Waals surface area (Å²) in [5.74, 6) is 0. The Morgan fingerprint density at radius 2 is 1.15 bits per heavy atom. The molecule has 0 bridgehead atoms. The average Bonchev–Trinajstić information content (AvgIpc) is 2.62. The molecule has 0 unspecified atom stereocenters. The Morgan fingerprint density at radius 1 is 0.615 bits per heavy atom. The maximum absolute atomic E-state index is 11.5. The van der Waals surface area contributed by atoms with Crippen LogP contribution in [0.3, 0.4) is 0 Å². The highest BCUT2D eigenvalue weighted by Crippen LogP contribution is 2.08. The van der Waals surface area contributed by atoms with Gasteiger partial charge in [-0.25, -0.2) is 9.44 Å². The zero-order valence-corrected chi connectivity index (χ0v) is 18.0. The molecule has 0 aromatic heterocycles. The van der Waals surface area contributed by atoms with Gasteiger partial charge in [-0.2, -0.15) is 8.42 Å². The molecular formula is C21H42N2O2S. The van der Waals surface area contributed by atoms with Gasteiger partial charge >= 0.3 is 0 Å². The molecule has 0 aliphatic heterocycles. The van der Waals surface area contributed by atoms with Gasteiger partial charge in [-0.15, -0.1) is 0 Å². The molecule has 0 saturated carbocycles. The molecule has 5 heteroatoms. The zero-order chi connectivity index (χ0) is 19.3. The van der Waals surface area contributed by atoms with E-state index < -0.39 is 10.2 Å². The molecule has 0 aliphatic rings. The summed E-state index contributed by atoms with van der Waals surface area (Å²) < 4.78 is 28.1. The molecule has 0 radical (unpaired) electrons. The summed E-state index contributed by atoms with van der Waals surface area (Å²) >= 11 is 0. The minimum absolute atomic E-state index is 0.499.